The van der Waals surface area contributed by atoms with Crippen LogP contribution >= 0.6 is 12.4 Å². The Hall–Kier alpha value is -2.51. The van der Waals surface area contributed by atoms with E-state index in [9.17, 15) is 9.59 Å². The first-order valence-electron chi connectivity index (χ1n) is 9.58. The first-order chi connectivity index (χ1) is 13.6. The van der Waals surface area contributed by atoms with Gasteiger partial charge in [-0.2, -0.15) is 0 Å². The minimum atomic E-state index is -0.0732. The lowest BCUT2D eigenvalue weighted by molar-refractivity contribution is -0.131. The maximum atomic E-state index is 12.6. The molecular weight excluding hydrogens is 394 g/mol. The number of hydrogen-bond donors (Lipinski definition) is 1. The van der Waals surface area contributed by atoms with Crippen LogP contribution in [-0.4, -0.2) is 54.9 Å². The lowest BCUT2D eigenvalue weighted by Crippen LogP contribution is -2.37. The number of carbonyl (C=O) groups excluding carboxylic acids is 2. The lowest BCUT2D eigenvalue weighted by atomic mass is 10.1. The molecule has 0 bridgehead atoms. The van der Waals surface area contributed by atoms with Crippen LogP contribution in [0.5, 0.6) is 5.75 Å². The normalized spacial score (nSPS) is 14.1. The Morgan fingerprint density at radius 3 is 2.45 bits per heavy atom. The molecule has 0 unspecified atom stereocenters. The molecule has 0 saturated carbocycles. The third-order valence-electron chi connectivity index (χ3n) is 5.02. The Labute approximate surface area is 177 Å². The van der Waals surface area contributed by atoms with Crippen molar-refractivity contribution in [1.82, 2.24) is 9.80 Å². The van der Waals surface area contributed by atoms with Gasteiger partial charge in [-0.1, -0.05) is 12.1 Å². The number of nitrogens with two attached hydrogens (primary N) is 1. The van der Waals surface area contributed by atoms with Crippen molar-refractivity contribution in [3.8, 4) is 5.75 Å². The average Bonchev–Trinajstić information content (AvgIpc) is 3.08. The average molecular weight is 422 g/mol. The van der Waals surface area contributed by atoms with Crippen LogP contribution in [-0.2, 0) is 17.8 Å². The molecule has 1 aliphatic heterocycles. The minimum Gasteiger partial charge on any atom is -0.497 e. The van der Waals surface area contributed by atoms with Crippen LogP contribution in [0, 0.1) is 0 Å². The molecule has 1 aromatic carbocycles. The predicted octanol–water partition coefficient (Wildman–Crippen LogP) is 2.48. The fraction of sp³-hybridized carbons (Fsp3) is 0.429. The van der Waals surface area contributed by atoms with Gasteiger partial charge in [0.15, 0.2) is 0 Å². The van der Waals surface area contributed by atoms with Gasteiger partial charge in [0, 0.05) is 32.6 Å². The summed E-state index contributed by atoms with van der Waals surface area (Å²) >= 11 is 0. The predicted molar refractivity (Wildman–Crippen MR) is 112 cm³/mol. The smallest absolute Gasteiger partial charge is 0.257 e. The van der Waals surface area contributed by atoms with Gasteiger partial charge in [-0.15, -0.1) is 12.4 Å². The van der Waals surface area contributed by atoms with E-state index in [0.717, 1.165) is 17.7 Å². The van der Waals surface area contributed by atoms with E-state index in [2.05, 4.69) is 0 Å². The first-order valence-corrected chi connectivity index (χ1v) is 9.58. The summed E-state index contributed by atoms with van der Waals surface area (Å²) in [5.41, 5.74) is 7.16. The molecule has 0 radical (unpaired) electrons. The van der Waals surface area contributed by atoms with E-state index in [-0.39, 0.29) is 30.8 Å². The zero-order chi connectivity index (χ0) is 19.9. The Bertz CT molecular complexity index is 807. The quantitative estimate of drug-likeness (QED) is 0.773. The molecule has 1 fully saturated rings. The fourth-order valence-corrected chi connectivity index (χ4v) is 3.35. The molecular formula is C21H28ClN3O4. The highest BCUT2D eigenvalue weighted by atomic mass is 35.5. The van der Waals surface area contributed by atoms with Gasteiger partial charge in [0.25, 0.3) is 5.91 Å². The molecule has 0 aliphatic carbocycles. The van der Waals surface area contributed by atoms with E-state index < -0.39 is 0 Å². The Kier molecular flexibility index (Phi) is 8.54. The number of carbonyl (C=O) groups is 2. The number of benzene rings is 1. The van der Waals surface area contributed by atoms with Crippen LogP contribution in [0.15, 0.2) is 41.0 Å². The van der Waals surface area contributed by atoms with E-state index >= 15 is 0 Å². The summed E-state index contributed by atoms with van der Waals surface area (Å²) in [5.74, 6) is 1.45. The molecule has 2 amide bonds. The number of nitrogens with zero attached hydrogens (tertiary/aromatic N) is 2. The van der Waals surface area contributed by atoms with Crippen LogP contribution in [0.2, 0.25) is 0 Å². The maximum Gasteiger partial charge on any atom is 0.257 e. The number of halogens is 1. The van der Waals surface area contributed by atoms with Crippen molar-refractivity contribution < 1.29 is 18.7 Å². The van der Waals surface area contributed by atoms with Crippen molar-refractivity contribution in [2.45, 2.75) is 25.8 Å². The second-order valence-electron chi connectivity index (χ2n) is 6.88. The Balaban J connectivity index is 0.00000300. The third kappa shape index (κ3) is 5.98. The molecule has 2 heterocycles. The number of ether oxygens (including phenoxy) is 1. The van der Waals surface area contributed by atoms with Crippen molar-refractivity contribution >= 4 is 24.2 Å². The lowest BCUT2D eigenvalue weighted by Gasteiger charge is -2.22. The van der Waals surface area contributed by atoms with E-state index in [1.165, 1.54) is 6.26 Å². The number of furan rings is 1. The summed E-state index contributed by atoms with van der Waals surface area (Å²) in [6.07, 6.45) is 3.37. The van der Waals surface area contributed by atoms with Crippen molar-refractivity contribution in [3.05, 3.63) is 53.5 Å². The van der Waals surface area contributed by atoms with Crippen molar-refractivity contribution in [3.63, 3.8) is 0 Å². The van der Waals surface area contributed by atoms with Crippen LogP contribution in [0.3, 0.4) is 0 Å². The zero-order valence-electron chi connectivity index (χ0n) is 16.6. The van der Waals surface area contributed by atoms with Crippen LogP contribution in [0.1, 0.15) is 34.5 Å². The van der Waals surface area contributed by atoms with Crippen LogP contribution < -0.4 is 10.5 Å². The molecule has 0 spiro atoms. The number of hydrogen-bond acceptors (Lipinski definition) is 5. The van der Waals surface area contributed by atoms with Crippen LogP contribution in [0.4, 0.5) is 0 Å². The van der Waals surface area contributed by atoms with Gasteiger partial charge >= 0.3 is 0 Å². The third-order valence-corrected chi connectivity index (χ3v) is 5.02. The van der Waals surface area contributed by atoms with Crippen LogP contribution in [0.25, 0.3) is 0 Å². The minimum absolute atomic E-state index is 0. The Morgan fingerprint density at radius 2 is 1.79 bits per heavy atom. The topological polar surface area (TPSA) is 89.0 Å². The number of methoxy groups -OCH3 is 1. The molecule has 1 aromatic heterocycles. The largest absolute Gasteiger partial charge is 0.497 e. The van der Waals surface area contributed by atoms with Gasteiger partial charge in [0.05, 0.1) is 19.2 Å². The molecule has 2 N–H and O–H groups in total. The van der Waals surface area contributed by atoms with Crippen molar-refractivity contribution in [1.29, 1.82) is 0 Å². The van der Waals surface area contributed by atoms with Gasteiger partial charge in [0.1, 0.15) is 17.8 Å². The summed E-state index contributed by atoms with van der Waals surface area (Å²) in [6.45, 7) is 2.64. The summed E-state index contributed by atoms with van der Waals surface area (Å²) in [5, 5.41) is 0. The summed E-state index contributed by atoms with van der Waals surface area (Å²) < 4.78 is 10.4. The molecule has 8 heteroatoms. The number of aryl methyl sites for hydroxylation is 1. The van der Waals surface area contributed by atoms with E-state index in [0.29, 0.717) is 50.3 Å². The second kappa shape index (κ2) is 10.9. The van der Waals surface area contributed by atoms with Gasteiger partial charge in [0.2, 0.25) is 5.91 Å². The highest BCUT2D eigenvalue weighted by molar-refractivity contribution is 5.94. The Morgan fingerprint density at radius 1 is 1.10 bits per heavy atom. The van der Waals surface area contributed by atoms with Gasteiger partial charge in [-0.3, -0.25) is 9.59 Å². The van der Waals surface area contributed by atoms with E-state index in [1.807, 2.05) is 29.2 Å². The fourth-order valence-electron chi connectivity index (χ4n) is 3.35. The summed E-state index contributed by atoms with van der Waals surface area (Å²) in [4.78, 5) is 28.9. The molecule has 2 aromatic rings. The standard InChI is InChI=1S/C21H27N3O4.ClH/c1-27-18-6-3-16(4-7-18)5-8-20(25)23-9-2-10-24(12-11-23)21(26)17-13-19(14-22)28-15-17;/h3-4,6-7,13,15H,2,5,8-12,14,22H2,1H3;1H. The molecule has 3 rings (SSSR count). The number of amides is 2. The molecule has 7 nitrogen and oxygen atoms in total. The van der Waals surface area contributed by atoms with Crippen molar-refractivity contribution in [2.24, 2.45) is 5.73 Å². The molecule has 158 valence electrons. The number of rotatable bonds is 6. The second-order valence-corrected chi connectivity index (χ2v) is 6.88. The first kappa shape index (κ1) is 22.8. The molecule has 0 atom stereocenters. The zero-order valence-corrected chi connectivity index (χ0v) is 17.5. The maximum absolute atomic E-state index is 12.6. The van der Waals surface area contributed by atoms with E-state index in [4.69, 9.17) is 14.9 Å². The monoisotopic (exact) mass is 421 g/mol. The molecule has 1 aliphatic rings. The van der Waals surface area contributed by atoms with Gasteiger partial charge in [-0.05, 0) is 36.6 Å². The highest BCUT2D eigenvalue weighted by Crippen LogP contribution is 2.15. The highest BCUT2D eigenvalue weighted by Gasteiger charge is 2.23. The molecule has 29 heavy (non-hydrogen) atoms. The van der Waals surface area contributed by atoms with Gasteiger partial charge < -0.3 is 24.7 Å². The summed E-state index contributed by atoms with van der Waals surface area (Å²) in [7, 11) is 1.63. The van der Waals surface area contributed by atoms with Crippen molar-refractivity contribution in [2.75, 3.05) is 33.3 Å². The van der Waals surface area contributed by atoms with Gasteiger partial charge in [-0.25, -0.2) is 0 Å². The SMILES string of the molecule is COc1ccc(CCC(=O)N2CCCN(C(=O)c3coc(CN)c3)CC2)cc1.Cl. The van der Waals surface area contributed by atoms with E-state index in [1.54, 1.807) is 18.1 Å². The summed E-state index contributed by atoms with van der Waals surface area (Å²) in [6, 6.07) is 9.46. The molecule has 1 saturated heterocycles.